The van der Waals surface area contributed by atoms with Gasteiger partial charge in [0.05, 0.1) is 12.7 Å². The molecule has 6 heteroatoms. The van der Waals surface area contributed by atoms with Gasteiger partial charge in [0, 0.05) is 25.7 Å². The lowest BCUT2D eigenvalue weighted by atomic mass is 9.99. The molecule has 2 heterocycles. The lowest BCUT2D eigenvalue weighted by Gasteiger charge is -2.29. The Morgan fingerprint density at radius 1 is 1.35 bits per heavy atom. The number of aromatic hydroxyl groups is 1. The second-order valence-corrected chi connectivity index (χ2v) is 4.93. The predicted molar refractivity (Wildman–Crippen MR) is 71.9 cm³/mol. The van der Waals surface area contributed by atoms with E-state index in [-0.39, 0.29) is 11.7 Å². The van der Waals surface area contributed by atoms with Gasteiger partial charge in [0.15, 0.2) is 0 Å². The molecule has 1 aliphatic rings. The molecule has 1 amide bonds. The number of carbonyl (C=O) groups excluding carboxylic acids is 1. The first-order chi connectivity index (χ1) is 9.72. The van der Waals surface area contributed by atoms with Crippen LogP contribution < -0.4 is 0 Å². The number of amides is 1. The molecular weight excluding hydrogens is 256 g/mol. The van der Waals surface area contributed by atoms with Crippen molar-refractivity contribution in [1.29, 1.82) is 0 Å². The summed E-state index contributed by atoms with van der Waals surface area (Å²) in [5.74, 6) is 0.357. The van der Waals surface area contributed by atoms with Crippen molar-refractivity contribution < 1.29 is 9.90 Å². The third-order valence-corrected chi connectivity index (χ3v) is 3.58. The van der Waals surface area contributed by atoms with Gasteiger partial charge in [0.2, 0.25) is 5.91 Å². The highest BCUT2D eigenvalue weighted by molar-refractivity contribution is 5.76. The average Bonchev–Trinajstić information content (AvgIpc) is 2.97. The van der Waals surface area contributed by atoms with Crippen molar-refractivity contribution in [3.8, 4) is 5.75 Å². The fourth-order valence-electron chi connectivity index (χ4n) is 2.48. The van der Waals surface area contributed by atoms with Gasteiger partial charge < -0.3 is 10.0 Å². The fourth-order valence-corrected chi connectivity index (χ4v) is 2.48. The molecule has 0 saturated heterocycles. The molecule has 20 heavy (non-hydrogen) atoms. The quantitative estimate of drug-likeness (QED) is 0.903. The molecular formula is C14H16N4O2. The molecule has 1 aromatic heterocycles. The van der Waals surface area contributed by atoms with Gasteiger partial charge >= 0.3 is 0 Å². The van der Waals surface area contributed by atoms with E-state index < -0.39 is 0 Å². The lowest BCUT2D eigenvalue weighted by Crippen LogP contribution is -2.36. The Hall–Kier alpha value is -2.37. The molecule has 0 unspecified atom stereocenters. The average molecular weight is 272 g/mol. The van der Waals surface area contributed by atoms with E-state index in [0.717, 1.165) is 18.5 Å². The van der Waals surface area contributed by atoms with Crippen molar-refractivity contribution in [2.24, 2.45) is 0 Å². The molecule has 1 aliphatic heterocycles. The van der Waals surface area contributed by atoms with Crippen LogP contribution in [0, 0.1) is 0 Å². The molecule has 0 radical (unpaired) electrons. The summed E-state index contributed by atoms with van der Waals surface area (Å²) in [6, 6.07) is 5.37. The molecule has 0 fully saturated rings. The van der Waals surface area contributed by atoms with E-state index in [9.17, 15) is 9.90 Å². The van der Waals surface area contributed by atoms with Crippen LogP contribution in [0.15, 0.2) is 30.6 Å². The second-order valence-electron chi connectivity index (χ2n) is 4.93. The first-order valence-electron chi connectivity index (χ1n) is 6.65. The zero-order valence-corrected chi connectivity index (χ0v) is 11.1. The van der Waals surface area contributed by atoms with Gasteiger partial charge in [-0.1, -0.05) is 11.3 Å². The summed E-state index contributed by atoms with van der Waals surface area (Å²) < 4.78 is 1.65. The molecule has 2 aromatic rings. The Balaban J connectivity index is 1.62. The maximum Gasteiger partial charge on any atom is 0.224 e. The molecule has 3 rings (SSSR count). The van der Waals surface area contributed by atoms with Gasteiger partial charge in [-0.05, 0) is 29.7 Å². The minimum Gasteiger partial charge on any atom is -0.508 e. The van der Waals surface area contributed by atoms with Gasteiger partial charge in [0.25, 0.3) is 0 Å². The number of nitrogens with zero attached hydrogens (tertiary/aromatic N) is 4. The van der Waals surface area contributed by atoms with E-state index in [1.807, 2.05) is 11.0 Å². The lowest BCUT2D eigenvalue weighted by molar-refractivity contribution is -0.132. The number of benzene rings is 1. The van der Waals surface area contributed by atoms with Crippen LogP contribution in [0.25, 0.3) is 0 Å². The topological polar surface area (TPSA) is 71.2 Å². The number of fused-ring (bicyclic) bond motifs is 1. The van der Waals surface area contributed by atoms with Crippen molar-refractivity contribution in [1.82, 2.24) is 19.9 Å². The Labute approximate surface area is 116 Å². The monoisotopic (exact) mass is 272 g/mol. The van der Waals surface area contributed by atoms with Gasteiger partial charge in [-0.3, -0.25) is 9.48 Å². The van der Waals surface area contributed by atoms with Crippen molar-refractivity contribution in [2.45, 2.75) is 25.9 Å². The number of phenolic OH excluding ortho intramolecular Hbond substituents is 1. The Morgan fingerprint density at radius 2 is 2.25 bits per heavy atom. The van der Waals surface area contributed by atoms with Gasteiger partial charge in [0.1, 0.15) is 5.75 Å². The Bertz CT molecular complexity index is 610. The Morgan fingerprint density at radius 3 is 3.05 bits per heavy atom. The Kier molecular flexibility index (Phi) is 3.37. The summed E-state index contributed by atoms with van der Waals surface area (Å²) in [7, 11) is 0. The van der Waals surface area contributed by atoms with Crippen molar-refractivity contribution in [2.75, 3.05) is 6.54 Å². The molecule has 6 nitrogen and oxygen atoms in total. The number of aryl methyl sites for hydroxylation is 1. The van der Waals surface area contributed by atoms with Crippen LogP contribution in [-0.4, -0.2) is 37.5 Å². The van der Waals surface area contributed by atoms with Crippen LogP contribution in [0.3, 0.4) is 0 Å². The highest BCUT2D eigenvalue weighted by Gasteiger charge is 2.20. The van der Waals surface area contributed by atoms with E-state index in [2.05, 4.69) is 10.3 Å². The number of phenols is 1. The SMILES string of the molecule is O=C(CCn1ccnn1)N1CCc2ccc(O)cc2C1. The predicted octanol–water partition coefficient (Wildman–Crippen LogP) is 0.959. The summed E-state index contributed by atoms with van der Waals surface area (Å²) in [5.41, 5.74) is 2.24. The minimum atomic E-state index is 0.106. The van der Waals surface area contributed by atoms with Gasteiger partial charge in [-0.2, -0.15) is 0 Å². The van der Waals surface area contributed by atoms with Crippen molar-refractivity contribution in [3.05, 3.63) is 41.7 Å². The maximum atomic E-state index is 12.2. The molecule has 1 aromatic carbocycles. The van der Waals surface area contributed by atoms with Crippen molar-refractivity contribution in [3.63, 3.8) is 0 Å². The van der Waals surface area contributed by atoms with E-state index in [4.69, 9.17) is 0 Å². The van der Waals surface area contributed by atoms with Crippen LogP contribution in [-0.2, 0) is 24.3 Å². The number of hydrogen-bond donors (Lipinski definition) is 1. The zero-order valence-electron chi connectivity index (χ0n) is 11.1. The molecule has 104 valence electrons. The third kappa shape index (κ3) is 2.64. The molecule has 0 bridgehead atoms. The summed E-state index contributed by atoms with van der Waals surface area (Å²) in [5, 5.41) is 17.1. The van der Waals surface area contributed by atoms with Gasteiger partial charge in [-0.15, -0.1) is 5.10 Å². The number of hydrogen-bond acceptors (Lipinski definition) is 4. The number of carbonyl (C=O) groups is 1. The first kappa shape index (κ1) is 12.7. The molecule has 0 spiro atoms. The normalized spacial score (nSPS) is 14.1. The molecule has 0 aliphatic carbocycles. The highest BCUT2D eigenvalue weighted by Crippen LogP contribution is 2.23. The van der Waals surface area contributed by atoms with Crippen LogP contribution in [0.4, 0.5) is 0 Å². The van der Waals surface area contributed by atoms with E-state index in [1.54, 1.807) is 29.2 Å². The minimum absolute atomic E-state index is 0.106. The summed E-state index contributed by atoms with van der Waals surface area (Å²) >= 11 is 0. The smallest absolute Gasteiger partial charge is 0.224 e. The largest absolute Gasteiger partial charge is 0.508 e. The summed E-state index contributed by atoms with van der Waals surface area (Å²) in [4.78, 5) is 14.0. The number of aromatic nitrogens is 3. The van der Waals surface area contributed by atoms with E-state index in [0.29, 0.717) is 19.5 Å². The standard InChI is InChI=1S/C14H16N4O2/c19-13-2-1-11-3-6-17(10-12(11)9-13)14(20)4-7-18-8-5-15-16-18/h1-2,5,8-9,19H,3-4,6-7,10H2. The number of rotatable bonds is 3. The third-order valence-electron chi connectivity index (χ3n) is 3.58. The van der Waals surface area contributed by atoms with Crippen molar-refractivity contribution >= 4 is 5.91 Å². The van der Waals surface area contributed by atoms with Crippen LogP contribution >= 0.6 is 0 Å². The fraction of sp³-hybridized carbons (Fsp3) is 0.357. The molecule has 0 atom stereocenters. The first-order valence-corrected chi connectivity index (χ1v) is 6.65. The zero-order chi connectivity index (χ0) is 13.9. The second kappa shape index (κ2) is 5.32. The molecule has 0 saturated carbocycles. The van der Waals surface area contributed by atoms with Crippen LogP contribution in [0.5, 0.6) is 5.75 Å². The molecule has 1 N–H and O–H groups in total. The van der Waals surface area contributed by atoms with E-state index in [1.165, 1.54) is 5.56 Å². The van der Waals surface area contributed by atoms with Gasteiger partial charge in [-0.25, -0.2) is 0 Å². The van der Waals surface area contributed by atoms with Crippen LogP contribution in [0.2, 0.25) is 0 Å². The summed E-state index contributed by atoms with van der Waals surface area (Å²) in [6.45, 7) is 1.84. The highest BCUT2D eigenvalue weighted by atomic mass is 16.3. The van der Waals surface area contributed by atoms with Crippen LogP contribution in [0.1, 0.15) is 17.5 Å². The van der Waals surface area contributed by atoms with E-state index >= 15 is 0 Å². The summed E-state index contributed by atoms with van der Waals surface area (Å²) in [6.07, 6.45) is 4.60. The maximum absolute atomic E-state index is 12.2.